The Balaban J connectivity index is 0.00000228. The van der Waals surface area contributed by atoms with Crippen LogP contribution in [0.4, 0.5) is 0 Å². The Morgan fingerprint density at radius 1 is 0.364 bits per heavy atom. The second-order valence-electron chi connectivity index (χ2n) is 7.99. The van der Waals surface area contributed by atoms with Gasteiger partial charge in [-0.2, -0.15) is 0 Å². The van der Waals surface area contributed by atoms with Gasteiger partial charge in [0, 0.05) is 33.2 Å². The van der Waals surface area contributed by atoms with E-state index < -0.39 is 7.41 Å². The van der Waals surface area contributed by atoms with Crippen molar-refractivity contribution in [3.63, 3.8) is 0 Å². The Morgan fingerprint density at radius 3 is 1.03 bits per heavy atom. The van der Waals surface area contributed by atoms with Crippen LogP contribution in [0.25, 0.3) is 21.8 Å². The van der Waals surface area contributed by atoms with Gasteiger partial charge in [0.2, 0.25) is 7.41 Å². The minimum Gasteiger partial charge on any atom is -0.202 e. The fraction of sp³-hybridized carbons (Fsp3) is 0. The Labute approximate surface area is 210 Å². The van der Waals surface area contributed by atoms with Gasteiger partial charge in [-0.3, -0.25) is 0 Å². The van der Waals surface area contributed by atoms with E-state index in [-0.39, 0.29) is 22.4 Å². The average molecular weight is 625 g/mol. The molecule has 0 bridgehead atoms. The molecule has 0 N–H and O–H groups in total. The van der Waals surface area contributed by atoms with Gasteiger partial charge in [-0.25, -0.2) is 4.34 Å². The van der Waals surface area contributed by atoms with E-state index in [2.05, 4.69) is 144 Å². The third-order valence-corrected chi connectivity index (χ3v) is 10.4. The first kappa shape index (κ1) is 21.9. The Hall–Kier alpha value is -2.93. The zero-order chi connectivity index (χ0) is 21.4. The maximum Gasteiger partial charge on any atom is 0.207 e. The molecule has 0 fully saturated rings. The van der Waals surface area contributed by atoms with Gasteiger partial charge in [0.1, 0.15) is 15.9 Å². The van der Waals surface area contributed by atoms with Crippen molar-refractivity contribution in [3.8, 4) is 0 Å². The van der Waals surface area contributed by atoms with Gasteiger partial charge < -0.3 is 0 Å². The summed E-state index contributed by atoms with van der Waals surface area (Å²) in [5.74, 6) is 0. The molecule has 6 aromatic rings. The quantitative estimate of drug-likeness (QED) is 0.155. The van der Waals surface area contributed by atoms with Crippen LogP contribution in [-0.2, 0) is 22.4 Å². The minimum absolute atomic E-state index is 0. The molecule has 0 spiro atoms. The van der Waals surface area contributed by atoms with E-state index in [1.165, 1.54) is 37.7 Å². The van der Waals surface area contributed by atoms with Crippen LogP contribution in [-0.4, -0.2) is 4.34 Å². The number of benzene rings is 5. The molecular weight excluding hydrogens is 602 g/mol. The summed E-state index contributed by atoms with van der Waals surface area (Å²) >= 11 is 0. The van der Waals surface area contributed by atoms with Gasteiger partial charge in [0.25, 0.3) is 0 Å². The molecule has 163 valence electrons. The minimum atomic E-state index is -2.23. The van der Waals surface area contributed by atoms with Crippen molar-refractivity contribution in [1.82, 2.24) is 4.34 Å². The molecule has 0 atom stereocenters. The van der Waals surface area contributed by atoms with Crippen molar-refractivity contribution < 1.29 is 22.4 Å². The van der Waals surface area contributed by atoms with Gasteiger partial charge in [-0.1, -0.05) is 91.0 Å². The Morgan fingerprint density at radius 2 is 0.667 bits per heavy atom. The summed E-state index contributed by atoms with van der Waals surface area (Å²) in [6.07, 6.45) is 0. The van der Waals surface area contributed by atoms with Gasteiger partial charge in [-0.15, -0.1) is 0 Å². The van der Waals surface area contributed by atoms with E-state index in [1.54, 1.807) is 0 Å². The molecule has 1 aromatic heterocycles. The maximum absolute atomic E-state index is 2.65. The summed E-state index contributed by atoms with van der Waals surface area (Å²) in [7, 11) is -2.23. The summed E-state index contributed by atoms with van der Waals surface area (Å²) in [5, 5.41) is 6.65. The van der Waals surface area contributed by atoms with Crippen LogP contribution in [0.3, 0.4) is 0 Å². The molecule has 1 nitrogen and oxygen atoms in total. The van der Waals surface area contributed by atoms with Crippen LogP contribution >= 0.6 is 7.41 Å². The monoisotopic (exact) mass is 625 g/mol. The predicted octanol–water partition coefficient (Wildman–Crippen LogP) is 6.55. The number of para-hydroxylation sites is 2. The number of aromatic nitrogens is 1. The number of fused-ring (bicyclic) bond motifs is 3. The van der Waals surface area contributed by atoms with E-state index in [0.717, 1.165) is 0 Å². The zero-order valence-electron chi connectivity index (χ0n) is 18.0. The van der Waals surface area contributed by atoms with Gasteiger partial charge in [-0.05, 0) is 48.5 Å². The molecule has 0 aliphatic heterocycles. The largest absolute Gasteiger partial charge is 0.207 e. The van der Waals surface area contributed by atoms with Gasteiger partial charge >= 0.3 is 0 Å². The van der Waals surface area contributed by atoms with Crippen molar-refractivity contribution in [2.24, 2.45) is 0 Å². The number of nitrogens with zero attached hydrogens (tertiary/aromatic N) is 1. The standard InChI is InChI=1S/C30H23NP.Au/c1-4-14-24(15-5-1)32(25-16-6-2-7-17-25,26-18-8-3-9-19-26)31-29-22-12-10-20-27(29)28-21-11-13-23-30(28)31;/h1-23H;/q+1;. The van der Waals surface area contributed by atoms with Gasteiger partial charge in [0.15, 0.2) is 0 Å². The van der Waals surface area contributed by atoms with Crippen LogP contribution in [0.15, 0.2) is 140 Å². The van der Waals surface area contributed by atoms with Crippen LogP contribution in [0.5, 0.6) is 0 Å². The molecule has 6 rings (SSSR count). The van der Waals surface area contributed by atoms with Crippen LogP contribution in [0, 0.1) is 0 Å². The van der Waals surface area contributed by atoms with Crippen LogP contribution < -0.4 is 15.9 Å². The van der Waals surface area contributed by atoms with E-state index in [4.69, 9.17) is 0 Å². The molecule has 0 aliphatic carbocycles. The second-order valence-corrected chi connectivity index (χ2v) is 11.2. The van der Waals surface area contributed by atoms with E-state index in [9.17, 15) is 0 Å². The summed E-state index contributed by atoms with van der Waals surface area (Å²) in [4.78, 5) is 0. The molecule has 0 amide bonds. The third-order valence-electron chi connectivity index (χ3n) is 6.24. The first-order chi connectivity index (χ1) is 15.9. The summed E-state index contributed by atoms with van der Waals surface area (Å²) in [6.45, 7) is 0. The van der Waals surface area contributed by atoms with Crippen LogP contribution in [0.2, 0.25) is 0 Å². The molecule has 33 heavy (non-hydrogen) atoms. The van der Waals surface area contributed by atoms with Crippen molar-refractivity contribution >= 4 is 45.1 Å². The Bertz CT molecular complexity index is 1360. The number of rotatable bonds is 4. The second kappa shape index (κ2) is 9.14. The molecule has 0 aliphatic rings. The average Bonchev–Trinajstić information content (AvgIpc) is 3.22. The van der Waals surface area contributed by atoms with Crippen molar-refractivity contribution in [2.75, 3.05) is 0 Å². The maximum atomic E-state index is 2.65. The fourth-order valence-electron chi connectivity index (χ4n) is 4.95. The van der Waals surface area contributed by atoms with E-state index >= 15 is 0 Å². The SMILES string of the molecule is [Au].c1ccc([P+](c2ccccc2)(c2ccccc2)n2c3ccccc3c3ccccc32)cc1. The molecule has 1 radical (unpaired) electrons. The molecule has 0 saturated carbocycles. The normalized spacial score (nSPS) is 11.4. The molecule has 0 unspecified atom stereocenters. The van der Waals surface area contributed by atoms with Crippen molar-refractivity contribution in [2.45, 2.75) is 0 Å². The Kier molecular flexibility index (Phi) is 6.06. The topological polar surface area (TPSA) is 4.93 Å². The van der Waals surface area contributed by atoms with Crippen molar-refractivity contribution in [1.29, 1.82) is 0 Å². The third kappa shape index (κ3) is 3.41. The number of hydrogen-bond donors (Lipinski definition) is 0. The molecular formula is C30H23AuNP+. The fourth-order valence-corrected chi connectivity index (χ4v) is 9.34. The molecule has 3 heteroatoms. The predicted molar refractivity (Wildman–Crippen MR) is 140 cm³/mol. The van der Waals surface area contributed by atoms with Crippen molar-refractivity contribution in [3.05, 3.63) is 140 Å². The van der Waals surface area contributed by atoms with E-state index in [1.807, 2.05) is 0 Å². The molecule has 0 saturated heterocycles. The molecule has 1 heterocycles. The van der Waals surface area contributed by atoms with Crippen LogP contribution in [0.1, 0.15) is 0 Å². The summed E-state index contributed by atoms with van der Waals surface area (Å²) in [6, 6.07) is 50.8. The first-order valence-electron chi connectivity index (χ1n) is 11.0. The van der Waals surface area contributed by atoms with E-state index in [0.29, 0.717) is 0 Å². The zero-order valence-corrected chi connectivity index (χ0v) is 21.0. The smallest absolute Gasteiger partial charge is 0.202 e. The molecule has 5 aromatic carbocycles. The summed E-state index contributed by atoms with van der Waals surface area (Å²) < 4.78 is 2.65. The first-order valence-corrected chi connectivity index (χ1v) is 12.7. The number of hydrogen-bond acceptors (Lipinski definition) is 0. The summed E-state index contributed by atoms with van der Waals surface area (Å²) in [5.41, 5.74) is 2.55. The van der Waals surface area contributed by atoms with Gasteiger partial charge in [0.05, 0.1) is 11.0 Å².